The number of aromatic nitrogens is 1. The van der Waals surface area contributed by atoms with Crippen molar-refractivity contribution >= 4 is 0 Å². The standard InChI is InChI=1S/C10H11NO/c1-3-9-5-8(7-12)6-11-10(9)4-2/h1,5-6,12H,4,7H2,2H3. The van der Waals surface area contributed by atoms with Gasteiger partial charge in [0.1, 0.15) is 0 Å². The van der Waals surface area contributed by atoms with E-state index in [1.807, 2.05) is 6.92 Å². The maximum Gasteiger partial charge on any atom is 0.0697 e. The van der Waals surface area contributed by atoms with E-state index < -0.39 is 0 Å². The Morgan fingerprint density at radius 2 is 2.42 bits per heavy atom. The van der Waals surface area contributed by atoms with Gasteiger partial charge in [-0.3, -0.25) is 4.98 Å². The number of hydrogen-bond donors (Lipinski definition) is 1. The summed E-state index contributed by atoms with van der Waals surface area (Å²) in [4.78, 5) is 4.14. The summed E-state index contributed by atoms with van der Waals surface area (Å²) in [6.07, 6.45) is 7.76. The van der Waals surface area contributed by atoms with Gasteiger partial charge in [0.2, 0.25) is 0 Å². The summed E-state index contributed by atoms with van der Waals surface area (Å²) in [5, 5.41) is 8.81. The third kappa shape index (κ3) is 1.63. The third-order valence-electron chi connectivity index (χ3n) is 1.70. The molecule has 0 bridgehead atoms. The molecule has 0 aliphatic carbocycles. The highest BCUT2D eigenvalue weighted by atomic mass is 16.3. The molecule has 0 radical (unpaired) electrons. The highest BCUT2D eigenvalue weighted by Crippen LogP contribution is 2.08. The molecule has 12 heavy (non-hydrogen) atoms. The predicted octanol–water partition coefficient (Wildman–Crippen LogP) is 1.12. The molecule has 2 nitrogen and oxygen atoms in total. The Hall–Kier alpha value is -1.33. The molecule has 1 aromatic heterocycles. The van der Waals surface area contributed by atoms with Crippen LogP contribution in [-0.4, -0.2) is 10.1 Å². The fraction of sp³-hybridized carbons (Fsp3) is 0.300. The molecule has 0 aliphatic rings. The molecular weight excluding hydrogens is 150 g/mol. The van der Waals surface area contributed by atoms with Crippen molar-refractivity contribution in [2.45, 2.75) is 20.0 Å². The second-order valence-electron chi connectivity index (χ2n) is 2.49. The molecule has 0 saturated heterocycles. The summed E-state index contributed by atoms with van der Waals surface area (Å²) in [6, 6.07) is 1.80. The number of aryl methyl sites for hydroxylation is 1. The van der Waals surface area contributed by atoms with Crippen LogP contribution in [-0.2, 0) is 13.0 Å². The van der Waals surface area contributed by atoms with Gasteiger partial charge in [0.05, 0.1) is 12.3 Å². The summed E-state index contributed by atoms with van der Waals surface area (Å²) >= 11 is 0. The van der Waals surface area contributed by atoms with Crippen LogP contribution in [0.4, 0.5) is 0 Å². The van der Waals surface area contributed by atoms with Gasteiger partial charge in [0.25, 0.3) is 0 Å². The summed E-state index contributed by atoms with van der Waals surface area (Å²) in [5.74, 6) is 2.55. The average molecular weight is 161 g/mol. The lowest BCUT2D eigenvalue weighted by molar-refractivity contribution is 0.281. The molecule has 1 aromatic rings. The first-order valence-electron chi connectivity index (χ1n) is 3.87. The Morgan fingerprint density at radius 3 is 2.92 bits per heavy atom. The topological polar surface area (TPSA) is 33.1 Å². The number of terminal acetylenes is 1. The van der Waals surface area contributed by atoms with Gasteiger partial charge >= 0.3 is 0 Å². The van der Waals surface area contributed by atoms with Crippen LogP contribution in [0.2, 0.25) is 0 Å². The van der Waals surface area contributed by atoms with E-state index in [2.05, 4.69) is 10.9 Å². The van der Waals surface area contributed by atoms with E-state index in [0.717, 1.165) is 23.2 Å². The monoisotopic (exact) mass is 161 g/mol. The van der Waals surface area contributed by atoms with Crippen molar-refractivity contribution < 1.29 is 5.11 Å². The number of rotatable bonds is 2. The van der Waals surface area contributed by atoms with Crippen LogP contribution in [0, 0.1) is 12.3 Å². The summed E-state index contributed by atoms with van der Waals surface area (Å²) in [7, 11) is 0. The van der Waals surface area contributed by atoms with Crippen molar-refractivity contribution in [3.05, 3.63) is 29.1 Å². The quantitative estimate of drug-likeness (QED) is 0.659. The molecule has 0 aliphatic heterocycles. The minimum atomic E-state index is -0.00826. The van der Waals surface area contributed by atoms with Crippen molar-refractivity contribution in [1.82, 2.24) is 4.98 Å². The first-order valence-corrected chi connectivity index (χ1v) is 3.87. The van der Waals surface area contributed by atoms with Crippen LogP contribution in [0.25, 0.3) is 0 Å². The third-order valence-corrected chi connectivity index (χ3v) is 1.70. The molecule has 1 N–H and O–H groups in total. The molecule has 0 fully saturated rings. The minimum absolute atomic E-state index is 0.00826. The van der Waals surface area contributed by atoms with Gasteiger partial charge in [-0.05, 0) is 18.1 Å². The van der Waals surface area contributed by atoms with Crippen LogP contribution >= 0.6 is 0 Å². The van der Waals surface area contributed by atoms with E-state index in [1.165, 1.54) is 0 Å². The largest absolute Gasteiger partial charge is 0.392 e. The van der Waals surface area contributed by atoms with Gasteiger partial charge in [-0.25, -0.2) is 0 Å². The van der Waals surface area contributed by atoms with Crippen LogP contribution in [0.3, 0.4) is 0 Å². The smallest absolute Gasteiger partial charge is 0.0697 e. The van der Waals surface area contributed by atoms with Crippen molar-refractivity contribution in [1.29, 1.82) is 0 Å². The Labute approximate surface area is 72.3 Å². The van der Waals surface area contributed by atoms with Gasteiger partial charge < -0.3 is 5.11 Å². The zero-order valence-corrected chi connectivity index (χ0v) is 7.04. The summed E-state index contributed by atoms with van der Waals surface area (Å²) < 4.78 is 0. The lowest BCUT2D eigenvalue weighted by atomic mass is 10.1. The van der Waals surface area contributed by atoms with Gasteiger partial charge in [0.15, 0.2) is 0 Å². The van der Waals surface area contributed by atoms with E-state index in [9.17, 15) is 0 Å². The molecule has 0 unspecified atom stereocenters. The van der Waals surface area contributed by atoms with E-state index in [1.54, 1.807) is 12.3 Å². The van der Waals surface area contributed by atoms with Gasteiger partial charge in [-0.2, -0.15) is 0 Å². The second-order valence-corrected chi connectivity index (χ2v) is 2.49. The molecule has 2 heteroatoms. The highest BCUT2D eigenvalue weighted by molar-refractivity contribution is 5.38. The Kier molecular flexibility index (Phi) is 2.84. The van der Waals surface area contributed by atoms with Crippen molar-refractivity contribution in [3.63, 3.8) is 0 Å². The van der Waals surface area contributed by atoms with E-state index >= 15 is 0 Å². The van der Waals surface area contributed by atoms with E-state index in [-0.39, 0.29) is 6.61 Å². The Morgan fingerprint density at radius 1 is 1.67 bits per heavy atom. The van der Waals surface area contributed by atoms with E-state index in [4.69, 9.17) is 11.5 Å². The maximum absolute atomic E-state index is 8.81. The fourth-order valence-electron chi connectivity index (χ4n) is 1.03. The second kappa shape index (κ2) is 3.89. The first kappa shape index (κ1) is 8.76. The SMILES string of the molecule is C#Cc1cc(CO)cnc1CC. The van der Waals surface area contributed by atoms with Crippen molar-refractivity contribution in [2.75, 3.05) is 0 Å². The zero-order valence-electron chi connectivity index (χ0n) is 7.04. The number of hydrogen-bond acceptors (Lipinski definition) is 2. The van der Waals surface area contributed by atoms with Crippen LogP contribution in [0.5, 0.6) is 0 Å². The fourth-order valence-corrected chi connectivity index (χ4v) is 1.03. The molecule has 1 rings (SSSR count). The lowest BCUT2D eigenvalue weighted by Crippen LogP contribution is -1.95. The van der Waals surface area contributed by atoms with Gasteiger partial charge in [-0.1, -0.05) is 12.8 Å². The van der Waals surface area contributed by atoms with Crippen LogP contribution < -0.4 is 0 Å². The molecule has 0 amide bonds. The highest BCUT2D eigenvalue weighted by Gasteiger charge is 2.00. The Bertz CT molecular complexity index is 312. The van der Waals surface area contributed by atoms with Crippen LogP contribution in [0.1, 0.15) is 23.7 Å². The molecule has 62 valence electrons. The van der Waals surface area contributed by atoms with Crippen molar-refractivity contribution in [3.8, 4) is 12.3 Å². The van der Waals surface area contributed by atoms with Crippen molar-refractivity contribution in [2.24, 2.45) is 0 Å². The maximum atomic E-state index is 8.81. The van der Waals surface area contributed by atoms with Gasteiger partial charge in [0, 0.05) is 11.8 Å². The number of aliphatic hydroxyl groups is 1. The molecule has 0 aromatic carbocycles. The number of nitrogens with zero attached hydrogens (tertiary/aromatic N) is 1. The number of pyridine rings is 1. The average Bonchev–Trinajstić information content (AvgIpc) is 2.16. The molecule has 0 spiro atoms. The first-order chi connectivity index (χ1) is 5.81. The summed E-state index contributed by atoms with van der Waals surface area (Å²) in [5.41, 5.74) is 2.46. The minimum Gasteiger partial charge on any atom is -0.392 e. The van der Waals surface area contributed by atoms with Crippen LogP contribution in [0.15, 0.2) is 12.3 Å². The number of aliphatic hydroxyl groups excluding tert-OH is 1. The molecule has 0 saturated carbocycles. The summed E-state index contributed by atoms with van der Waals surface area (Å²) in [6.45, 7) is 1.99. The zero-order chi connectivity index (χ0) is 8.97. The Balaban J connectivity index is 3.13. The predicted molar refractivity (Wildman–Crippen MR) is 47.5 cm³/mol. The molecule has 0 atom stereocenters. The van der Waals surface area contributed by atoms with E-state index in [0.29, 0.717) is 0 Å². The molecular formula is C10H11NO. The molecule has 1 heterocycles. The lowest BCUT2D eigenvalue weighted by Gasteiger charge is -2.01. The normalized spacial score (nSPS) is 9.42. The van der Waals surface area contributed by atoms with Gasteiger partial charge in [-0.15, -0.1) is 6.42 Å².